The van der Waals surface area contributed by atoms with E-state index in [1.165, 1.54) is 28.1 Å². The molecular formula is C26H27FN4O3S. The molecule has 1 fully saturated rings. The molecule has 1 saturated carbocycles. The molecule has 2 aliphatic rings. The fourth-order valence-electron chi connectivity index (χ4n) is 5.72. The summed E-state index contributed by atoms with van der Waals surface area (Å²) in [5.74, 6) is 0.943. The zero-order valence-corrected chi connectivity index (χ0v) is 20.7. The maximum Gasteiger partial charge on any atom is 0.247 e. The molecule has 1 unspecified atom stereocenters. The van der Waals surface area contributed by atoms with Crippen LogP contribution in [0.2, 0.25) is 0 Å². The summed E-state index contributed by atoms with van der Waals surface area (Å²) in [6, 6.07) is 9.81. The van der Waals surface area contributed by atoms with Crippen molar-refractivity contribution in [3.05, 3.63) is 70.7 Å². The minimum Gasteiger partial charge on any atom is -0.465 e. The second-order valence-electron chi connectivity index (χ2n) is 9.44. The molecule has 0 amide bonds. The molecule has 2 aromatic heterocycles. The molecule has 0 aliphatic heterocycles. The Morgan fingerprint density at radius 3 is 2.69 bits per heavy atom. The van der Waals surface area contributed by atoms with Crippen LogP contribution >= 0.6 is 0 Å². The van der Waals surface area contributed by atoms with Crippen LogP contribution in [0.3, 0.4) is 0 Å². The highest BCUT2D eigenvalue weighted by Crippen LogP contribution is 2.50. The zero-order valence-electron chi connectivity index (χ0n) is 19.9. The number of furan rings is 1. The molecule has 3 aromatic rings. The molecule has 7 nitrogen and oxygen atoms in total. The van der Waals surface area contributed by atoms with Gasteiger partial charge in [0.05, 0.1) is 23.6 Å². The third kappa shape index (κ3) is 4.01. The number of nitrogens with zero attached hydrogens (tertiary/aromatic N) is 4. The number of hydrogen-bond acceptors (Lipinski definition) is 5. The Morgan fingerprint density at radius 1 is 1.29 bits per heavy atom. The molecule has 182 valence electrons. The van der Waals surface area contributed by atoms with Gasteiger partial charge in [0, 0.05) is 12.1 Å². The maximum atomic E-state index is 13.4. The van der Waals surface area contributed by atoms with Crippen LogP contribution in [0, 0.1) is 42.8 Å². The van der Waals surface area contributed by atoms with Crippen LogP contribution in [0.4, 0.5) is 4.39 Å². The summed E-state index contributed by atoms with van der Waals surface area (Å²) >= 11 is 0. The average Bonchev–Trinajstić information content (AvgIpc) is 3.51. The van der Waals surface area contributed by atoms with E-state index < -0.39 is 10.0 Å². The molecule has 0 bridgehead atoms. The van der Waals surface area contributed by atoms with Crippen molar-refractivity contribution in [1.29, 1.82) is 5.26 Å². The Morgan fingerprint density at radius 2 is 2.03 bits per heavy atom. The van der Waals surface area contributed by atoms with Gasteiger partial charge in [0.25, 0.3) is 0 Å². The highest BCUT2D eigenvalue weighted by Gasteiger charge is 2.42. The Labute approximate surface area is 204 Å². The topological polar surface area (TPSA) is 92.1 Å². The second kappa shape index (κ2) is 8.77. The van der Waals surface area contributed by atoms with Crippen molar-refractivity contribution in [3.8, 4) is 11.8 Å². The lowest BCUT2D eigenvalue weighted by atomic mass is 9.75. The van der Waals surface area contributed by atoms with Crippen LogP contribution in [0.1, 0.15) is 48.5 Å². The largest absolute Gasteiger partial charge is 0.465 e. The van der Waals surface area contributed by atoms with Gasteiger partial charge in [-0.25, -0.2) is 17.5 Å². The number of aromatic nitrogens is 2. The normalized spacial score (nSPS) is 21.5. The number of halogens is 1. The SMILES string of the molecule is Cc1cc(S(=O)(=O)N(CC#N)C[C@H]2CCC3=Cc4c(cnn4-c4ccc(F)cc4)[C@H](C)C32)c(C)o1. The van der Waals surface area contributed by atoms with Crippen LogP contribution in [0.5, 0.6) is 0 Å². The van der Waals surface area contributed by atoms with Crippen LogP contribution in [-0.2, 0) is 10.0 Å². The van der Waals surface area contributed by atoms with Gasteiger partial charge < -0.3 is 4.42 Å². The van der Waals surface area contributed by atoms with Crippen LogP contribution in [0.25, 0.3) is 11.8 Å². The molecule has 0 spiro atoms. The third-order valence-electron chi connectivity index (χ3n) is 7.30. The predicted molar refractivity (Wildman–Crippen MR) is 129 cm³/mol. The number of hydrogen-bond donors (Lipinski definition) is 0. The smallest absolute Gasteiger partial charge is 0.247 e. The van der Waals surface area contributed by atoms with Gasteiger partial charge in [-0.05, 0) is 80.9 Å². The van der Waals surface area contributed by atoms with E-state index in [1.807, 2.05) is 16.9 Å². The van der Waals surface area contributed by atoms with Gasteiger partial charge in [0.1, 0.15) is 28.8 Å². The lowest BCUT2D eigenvalue weighted by molar-refractivity contribution is 0.296. The second-order valence-corrected chi connectivity index (χ2v) is 11.3. The monoisotopic (exact) mass is 494 g/mol. The van der Waals surface area contributed by atoms with Crippen molar-refractivity contribution in [2.45, 2.75) is 44.4 Å². The number of fused-ring (bicyclic) bond motifs is 2. The first-order chi connectivity index (χ1) is 16.7. The van der Waals surface area contributed by atoms with E-state index in [0.29, 0.717) is 11.5 Å². The molecule has 0 radical (unpaired) electrons. The Kier molecular flexibility index (Phi) is 5.90. The molecule has 2 aliphatic carbocycles. The standard InChI is InChI=1S/C26H27FN4O3S/c1-16-12-25(18(3)34-16)35(32,33)30(11-10-28)15-20-5-4-19-13-24-23(17(2)26(19)20)14-29-31(24)22-8-6-21(27)7-9-22/h6-9,12-14,17,20,26H,4-5,11,15H2,1-3H3/t17-,20+,26?/m0/s1. The number of benzene rings is 1. The maximum absolute atomic E-state index is 13.4. The van der Waals surface area contributed by atoms with Crippen LogP contribution < -0.4 is 0 Å². The van der Waals surface area contributed by atoms with Crippen molar-refractivity contribution < 1.29 is 17.2 Å². The van der Waals surface area contributed by atoms with Crippen molar-refractivity contribution >= 4 is 16.1 Å². The Bertz CT molecular complexity index is 1450. The molecule has 1 aromatic carbocycles. The number of rotatable bonds is 6. The minimum atomic E-state index is -3.86. The van der Waals surface area contributed by atoms with Gasteiger partial charge in [-0.1, -0.05) is 12.5 Å². The van der Waals surface area contributed by atoms with E-state index in [1.54, 1.807) is 26.0 Å². The van der Waals surface area contributed by atoms with Gasteiger partial charge in [-0.15, -0.1) is 0 Å². The molecule has 35 heavy (non-hydrogen) atoms. The van der Waals surface area contributed by atoms with Gasteiger partial charge >= 0.3 is 0 Å². The summed E-state index contributed by atoms with van der Waals surface area (Å²) in [7, 11) is -3.86. The molecule has 0 saturated heterocycles. The Balaban J connectivity index is 1.44. The number of aryl methyl sites for hydroxylation is 2. The highest BCUT2D eigenvalue weighted by molar-refractivity contribution is 7.89. The van der Waals surface area contributed by atoms with E-state index in [2.05, 4.69) is 18.1 Å². The first-order valence-electron chi connectivity index (χ1n) is 11.7. The number of sulfonamides is 1. The Hall–Kier alpha value is -3.22. The van der Waals surface area contributed by atoms with E-state index >= 15 is 0 Å². The summed E-state index contributed by atoms with van der Waals surface area (Å²) in [6.45, 7) is 5.55. The minimum absolute atomic E-state index is 0.0787. The first kappa shape index (κ1) is 23.5. The third-order valence-corrected chi connectivity index (χ3v) is 9.22. The summed E-state index contributed by atoms with van der Waals surface area (Å²) in [5, 5.41) is 14.0. The quantitative estimate of drug-likeness (QED) is 0.452. The summed E-state index contributed by atoms with van der Waals surface area (Å²) < 4.78 is 48.9. The van der Waals surface area contributed by atoms with E-state index in [9.17, 15) is 18.1 Å². The molecule has 3 atom stereocenters. The van der Waals surface area contributed by atoms with Gasteiger partial charge in [0.15, 0.2) is 0 Å². The van der Waals surface area contributed by atoms with Crippen molar-refractivity contribution in [2.75, 3.05) is 13.1 Å². The van der Waals surface area contributed by atoms with E-state index in [0.717, 1.165) is 29.8 Å². The molecule has 5 rings (SSSR count). The predicted octanol–water partition coefficient (Wildman–Crippen LogP) is 4.96. The lowest BCUT2D eigenvalue weighted by Crippen LogP contribution is -2.38. The fourth-order valence-corrected chi connectivity index (χ4v) is 7.33. The van der Waals surface area contributed by atoms with Gasteiger partial charge in [-0.3, -0.25) is 0 Å². The number of nitriles is 1. The molecule has 2 heterocycles. The molecule has 0 N–H and O–H groups in total. The van der Waals surface area contributed by atoms with Gasteiger partial charge in [-0.2, -0.15) is 14.7 Å². The average molecular weight is 495 g/mol. The first-order valence-corrected chi connectivity index (χ1v) is 13.1. The van der Waals surface area contributed by atoms with Crippen molar-refractivity contribution in [2.24, 2.45) is 11.8 Å². The molecular weight excluding hydrogens is 467 g/mol. The van der Waals surface area contributed by atoms with E-state index in [4.69, 9.17) is 4.42 Å². The number of allylic oxidation sites excluding steroid dienone is 1. The zero-order chi connectivity index (χ0) is 24.9. The molecule has 9 heteroatoms. The summed E-state index contributed by atoms with van der Waals surface area (Å²) in [5.41, 5.74) is 4.14. The van der Waals surface area contributed by atoms with E-state index in [-0.39, 0.29) is 41.6 Å². The fraction of sp³-hybridized carbons (Fsp3) is 0.385. The van der Waals surface area contributed by atoms with Crippen molar-refractivity contribution in [3.63, 3.8) is 0 Å². The van der Waals surface area contributed by atoms with Crippen molar-refractivity contribution in [1.82, 2.24) is 14.1 Å². The van der Waals surface area contributed by atoms with Gasteiger partial charge in [0.2, 0.25) is 10.0 Å². The highest BCUT2D eigenvalue weighted by atomic mass is 32.2. The summed E-state index contributed by atoms with van der Waals surface area (Å²) in [6.07, 6.45) is 5.71. The van der Waals surface area contributed by atoms with Crippen LogP contribution in [0.15, 0.2) is 51.4 Å². The summed E-state index contributed by atoms with van der Waals surface area (Å²) in [4.78, 5) is 0.124. The van der Waals surface area contributed by atoms with Crippen LogP contribution in [-0.4, -0.2) is 35.6 Å². The lowest BCUT2D eigenvalue weighted by Gasteiger charge is -2.32.